The second-order valence-corrected chi connectivity index (χ2v) is 8.48. The third-order valence-electron chi connectivity index (χ3n) is 5.61. The van der Waals surface area contributed by atoms with Gasteiger partial charge in [-0.15, -0.1) is 0 Å². The summed E-state index contributed by atoms with van der Waals surface area (Å²) in [5.41, 5.74) is 2.08. The number of hydrogen-bond acceptors (Lipinski definition) is 3. The number of halogens is 1. The van der Waals surface area contributed by atoms with E-state index in [1.54, 1.807) is 4.90 Å². The van der Waals surface area contributed by atoms with Crippen molar-refractivity contribution in [3.63, 3.8) is 0 Å². The number of benzene rings is 2. The fraction of sp³-hybridized carbons (Fsp3) is 0.364. The van der Waals surface area contributed by atoms with Crippen molar-refractivity contribution in [1.29, 1.82) is 0 Å². The monoisotopic (exact) mass is 441 g/mol. The zero-order chi connectivity index (χ0) is 19.5. The second kappa shape index (κ2) is 8.35. The average Bonchev–Trinajstić information content (AvgIpc) is 3.34. The van der Waals surface area contributed by atoms with E-state index in [1.807, 2.05) is 30.3 Å². The first-order valence-corrected chi connectivity index (χ1v) is 10.5. The molecule has 28 heavy (non-hydrogen) atoms. The van der Waals surface area contributed by atoms with Crippen LogP contribution in [0.2, 0.25) is 0 Å². The zero-order valence-electron chi connectivity index (χ0n) is 15.7. The Bertz CT molecular complexity index is 841. The van der Waals surface area contributed by atoms with Crippen LogP contribution in [0.4, 0.5) is 11.4 Å². The quantitative estimate of drug-likeness (QED) is 0.772. The highest BCUT2D eigenvalue weighted by atomic mass is 79.9. The molecule has 0 saturated carbocycles. The van der Waals surface area contributed by atoms with Crippen LogP contribution < -0.4 is 15.1 Å². The Kier molecular flexibility index (Phi) is 5.67. The van der Waals surface area contributed by atoms with Crippen LogP contribution in [-0.4, -0.2) is 38.0 Å². The van der Waals surface area contributed by atoms with Gasteiger partial charge in [-0.05, 0) is 48.7 Å². The van der Waals surface area contributed by atoms with Crippen LogP contribution in [-0.2, 0) is 9.59 Å². The number of rotatable bonds is 5. The van der Waals surface area contributed by atoms with E-state index in [-0.39, 0.29) is 24.2 Å². The van der Waals surface area contributed by atoms with Gasteiger partial charge in [-0.1, -0.05) is 34.1 Å². The molecule has 0 aromatic heterocycles. The number of para-hydroxylation sites is 1. The first kappa shape index (κ1) is 19.0. The van der Waals surface area contributed by atoms with Crippen molar-refractivity contribution >= 4 is 39.1 Å². The van der Waals surface area contributed by atoms with E-state index in [0.717, 1.165) is 29.7 Å². The van der Waals surface area contributed by atoms with Crippen molar-refractivity contribution in [2.45, 2.75) is 12.8 Å². The summed E-state index contributed by atoms with van der Waals surface area (Å²) in [7, 11) is 0. The Labute approximate surface area is 173 Å². The van der Waals surface area contributed by atoms with Gasteiger partial charge in [-0.3, -0.25) is 9.59 Å². The van der Waals surface area contributed by atoms with Crippen molar-refractivity contribution < 1.29 is 9.59 Å². The SMILES string of the molecule is O=C(NC[C@H]1CCN(c2ccccc2)C1)[C@@H]1CC(=O)N(c2ccc(Br)cc2)C1. The maximum absolute atomic E-state index is 12.6. The maximum atomic E-state index is 12.6. The maximum Gasteiger partial charge on any atom is 0.227 e. The van der Waals surface area contributed by atoms with Crippen molar-refractivity contribution in [3.05, 3.63) is 59.1 Å². The highest BCUT2D eigenvalue weighted by Crippen LogP contribution is 2.27. The van der Waals surface area contributed by atoms with Gasteiger partial charge in [0.15, 0.2) is 0 Å². The number of hydrogen-bond donors (Lipinski definition) is 1. The van der Waals surface area contributed by atoms with E-state index in [2.05, 4.69) is 50.4 Å². The summed E-state index contributed by atoms with van der Waals surface area (Å²) in [6.45, 7) is 3.10. The van der Waals surface area contributed by atoms with Gasteiger partial charge in [0.25, 0.3) is 0 Å². The molecule has 2 aliphatic heterocycles. The normalized spacial score (nSPS) is 22.0. The molecule has 6 heteroatoms. The van der Waals surface area contributed by atoms with Crippen LogP contribution >= 0.6 is 15.9 Å². The average molecular weight is 442 g/mol. The van der Waals surface area contributed by atoms with Crippen LogP contribution in [0.3, 0.4) is 0 Å². The third-order valence-corrected chi connectivity index (χ3v) is 6.13. The molecule has 2 atom stereocenters. The molecule has 2 aromatic rings. The molecular weight excluding hydrogens is 418 g/mol. The lowest BCUT2D eigenvalue weighted by molar-refractivity contribution is -0.126. The molecule has 2 amide bonds. The van der Waals surface area contributed by atoms with Gasteiger partial charge in [0, 0.05) is 48.4 Å². The van der Waals surface area contributed by atoms with Crippen LogP contribution in [0.25, 0.3) is 0 Å². The largest absolute Gasteiger partial charge is 0.371 e. The molecule has 2 saturated heterocycles. The van der Waals surface area contributed by atoms with E-state index < -0.39 is 0 Å². The van der Waals surface area contributed by atoms with Crippen LogP contribution in [0.5, 0.6) is 0 Å². The van der Waals surface area contributed by atoms with Crippen molar-refractivity contribution in [1.82, 2.24) is 5.32 Å². The summed E-state index contributed by atoms with van der Waals surface area (Å²) >= 11 is 3.41. The van der Waals surface area contributed by atoms with Gasteiger partial charge in [-0.25, -0.2) is 0 Å². The van der Waals surface area contributed by atoms with Gasteiger partial charge in [0.05, 0.1) is 5.92 Å². The Morgan fingerprint density at radius 1 is 1.04 bits per heavy atom. The molecular formula is C22H24BrN3O2. The molecule has 0 unspecified atom stereocenters. The molecule has 2 aromatic carbocycles. The predicted octanol–water partition coefficient (Wildman–Crippen LogP) is 3.44. The van der Waals surface area contributed by atoms with E-state index in [1.165, 1.54) is 5.69 Å². The topological polar surface area (TPSA) is 52.7 Å². The Morgan fingerprint density at radius 2 is 1.79 bits per heavy atom. The smallest absolute Gasteiger partial charge is 0.227 e. The minimum atomic E-state index is -0.275. The molecule has 2 fully saturated rings. The van der Waals surface area contributed by atoms with Crippen molar-refractivity contribution in [2.75, 3.05) is 36.0 Å². The molecule has 4 rings (SSSR count). The van der Waals surface area contributed by atoms with Crippen LogP contribution in [0.15, 0.2) is 59.1 Å². The number of nitrogens with zero attached hydrogens (tertiary/aromatic N) is 2. The van der Waals surface area contributed by atoms with Gasteiger partial charge >= 0.3 is 0 Å². The summed E-state index contributed by atoms with van der Waals surface area (Å²) in [4.78, 5) is 29.1. The number of amides is 2. The molecule has 5 nitrogen and oxygen atoms in total. The Morgan fingerprint density at radius 3 is 2.54 bits per heavy atom. The summed E-state index contributed by atoms with van der Waals surface area (Å²) in [5, 5.41) is 3.09. The first-order valence-electron chi connectivity index (χ1n) is 9.74. The molecule has 2 heterocycles. The first-order chi connectivity index (χ1) is 13.6. The van der Waals surface area contributed by atoms with Crippen LogP contribution in [0.1, 0.15) is 12.8 Å². The lowest BCUT2D eigenvalue weighted by atomic mass is 10.1. The molecule has 0 bridgehead atoms. The molecule has 2 aliphatic rings. The summed E-state index contributed by atoms with van der Waals surface area (Å²) in [6, 6.07) is 18.0. The Hall–Kier alpha value is -2.34. The van der Waals surface area contributed by atoms with Gasteiger partial charge in [0.1, 0.15) is 0 Å². The molecule has 0 aliphatic carbocycles. The van der Waals surface area contributed by atoms with E-state index in [9.17, 15) is 9.59 Å². The minimum Gasteiger partial charge on any atom is -0.371 e. The third kappa shape index (κ3) is 4.22. The number of anilines is 2. The fourth-order valence-corrected chi connectivity index (χ4v) is 4.28. The predicted molar refractivity (Wildman–Crippen MR) is 114 cm³/mol. The number of nitrogens with one attached hydrogen (secondary N) is 1. The zero-order valence-corrected chi connectivity index (χ0v) is 17.3. The van der Waals surface area contributed by atoms with E-state index >= 15 is 0 Å². The second-order valence-electron chi connectivity index (χ2n) is 7.56. The molecule has 0 spiro atoms. The molecule has 146 valence electrons. The van der Waals surface area contributed by atoms with Gasteiger partial charge in [-0.2, -0.15) is 0 Å². The lowest BCUT2D eigenvalue weighted by Gasteiger charge is -2.19. The summed E-state index contributed by atoms with van der Waals surface area (Å²) in [5.74, 6) is 0.177. The number of carbonyl (C=O) groups is 2. The van der Waals surface area contributed by atoms with Gasteiger partial charge < -0.3 is 15.1 Å². The van der Waals surface area contributed by atoms with Crippen molar-refractivity contribution in [3.8, 4) is 0 Å². The highest BCUT2D eigenvalue weighted by molar-refractivity contribution is 9.10. The van der Waals surface area contributed by atoms with E-state index in [4.69, 9.17) is 0 Å². The fourth-order valence-electron chi connectivity index (χ4n) is 4.02. The Balaban J connectivity index is 1.28. The van der Waals surface area contributed by atoms with E-state index in [0.29, 0.717) is 19.0 Å². The highest BCUT2D eigenvalue weighted by Gasteiger charge is 2.35. The standard InChI is InChI=1S/C22H24BrN3O2/c23-18-6-8-20(9-7-18)26-15-17(12-21(26)27)22(28)24-13-16-10-11-25(14-16)19-4-2-1-3-5-19/h1-9,16-17H,10-15H2,(H,24,28)/t16-,17-/m1/s1. The minimum absolute atomic E-state index is 0.00822. The lowest BCUT2D eigenvalue weighted by Crippen LogP contribution is -2.36. The van der Waals surface area contributed by atoms with Crippen molar-refractivity contribution in [2.24, 2.45) is 11.8 Å². The van der Waals surface area contributed by atoms with Crippen LogP contribution in [0, 0.1) is 11.8 Å². The summed E-state index contributed by atoms with van der Waals surface area (Å²) < 4.78 is 0.971. The summed E-state index contributed by atoms with van der Waals surface area (Å²) in [6.07, 6.45) is 1.35. The molecule has 0 radical (unpaired) electrons. The number of carbonyl (C=O) groups excluding carboxylic acids is 2. The molecule has 1 N–H and O–H groups in total. The van der Waals surface area contributed by atoms with Gasteiger partial charge in [0.2, 0.25) is 11.8 Å².